The van der Waals surface area contributed by atoms with E-state index in [-0.39, 0.29) is 24.2 Å². The zero-order chi connectivity index (χ0) is 22.2. The maximum Gasteiger partial charge on any atom is 0.227 e. The first-order valence-corrected chi connectivity index (χ1v) is 12.5. The van der Waals surface area contributed by atoms with Crippen LogP contribution in [0.25, 0.3) is 0 Å². The highest BCUT2D eigenvalue weighted by molar-refractivity contribution is 9.10. The SMILES string of the molecule is CCOc1cc(Br)c(CC(=O)N2CCCC(C(=O)NC3CCCCC3)C2)cc1OCC. The van der Waals surface area contributed by atoms with Crippen molar-refractivity contribution in [3.05, 3.63) is 22.2 Å². The van der Waals surface area contributed by atoms with Crippen LogP contribution >= 0.6 is 15.9 Å². The molecule has 1 aliphatic carbocycles. The average molecular weight is 495 g/mol. The normalized spacial score (nSPS) is 19.7. The Morgan fingerprint density at radius 3 is 2.39 bits per heavy atom. The van der Waals surface area contributed by atoms with Crippen molar-refractivity contribution in [2.24, 2.45) is 5.92 Å². The zero-order valence-corrected chi connectivity index (χ0v) is 20.3. The molecule has 0 aromatic heterocycles. The molecule has 2 fully saturated rings. The average Bonchev–Trinajstić information content (AvgIpc) is 2.78. The smallest absolute Gasteiger partial charge is 0.227 e. The van der Waals surface area contributed by atoms with Crippen LogP contribution in [0.1, 0.15) is 64.4 Å². The Morgan fingerprint density at radius 2 is 1.71 bits per heavy atom. The number of halogens is 1. The molecule has 1 aromatic carbocycles. The van der Waals surface area contributed by atoms with Gasteiger partial charge in [0.2, 0.25) is 11.8 Å². The van der Waals surface area contributed by atoms with Gasteiger partial charge in [0, 0.05) is 23.6 Å². The minimum Gasteiger partial charge on any atom is -0.490 e. The number of carbonyl (C=O) groups is 2. The van der Waals surface area contributed by atoms with Crippen molar-refractivity contribution in [3.8, 4) is 11.5 Å². The van der Waals surface area contributed by atoms with Gasteiger partial charge in [-0.05, 0) is 57.2 Å². The van der Waals surface area contributed by atoms with Crippen molar-refractivity contribution in [3.63, 3.8) is 0 Å². The van der Waals surface area contributed by atoms with Crippen LogP contribution in [0.15, 0.2) is 16.6 Å². The third-order valence-electron chi connectivity index (χ3n) is 6.15. The number of piperidine rings is 1. The molecule has 6 nitrogen and oxygen atoms in total. The number of carbonyl (C=O) groups excluding carboxylic acids is 2. The Bertz CT molecular complexity index is 764. The van der Waals surface area contributed by atoms with Crippen molar-refractivity contribution in [2.45, 2.75) is 71.3 Å². The molecule has 1 atom stereocenters. The first-order chi connectivity index (χ1) is 15.0. The molecular weight excluding hydrogens is 460 g/mol. The van der Waals surface area contributed by atoms with Gasteiger partial charge in [-0.3, -0.25) is 9.59 Å². The molecule has 1 aromatic rings. The summed E-state index contributed by atoms with van der Waals surface area (Å²) in [6, 6.07) is 4.06. The minimum atomic E-state index is -0.109. The van der Waals surface area contributed by atoms with Crippen molar-refractivity contribution < 1.29 is 19.1 Å². The lowest BCUT2D eigenvalue weighted by Gasteiger charge is -2.33. The van der Waals surface area contributed by atoms with Gasteiger partial charge in [-0.15, -0.1) is 0 Å². The Balaban J connectivity index is 1.61. The van der Waals surface area contributed by atoms with E-state index in [1.807, 2.05) is 30.9 Å². The topological polar surface area (TPSA) is 67.9 Å². The number of amides is 2. The number of benzene rings is 1. The van der Waals surface area contributed by atoms with Gasteiger partial charge >= 0.3 is 0 Å². The van der Waals surface area contributed by atoms with Gasteiger partial charge in [-0.25, -0.2) is 0 Å². The largest absolute Gasteiger partial charge is 0.490 e. The molecule has 0 bridgehead atoms. The third kappa shape index (κ3) is 6.61. The number of nitrogens with one attached hydrogen (secondary N) is 1. The van der Waals surface area contributed by atoms with Gasteiger partial charge in [0.1, 0.15) is 0 Å². The molecule has 1 N–H and O–H groups in total. The third-order valence-corrected chi connectivity index (χ3v) is 6.89. The number of likely N-dealkylation sites (tertiary alicyclic amines) is 1. The maximum atomic E-state index is 13.1. The summed E-state index contributed by atoms with van der Waals surface area (Å²) >= 11 is 3.57. The van der Waals surface area contributed by atoms with Gasteiger partial charge in [0.15, 0.2) is 11.5 Å². The highest BCUT2D eigenvalue weighted by atomic mass is 79.9. The summed E-state index contributed by atoms with van der Waals surface area (Å²) in [6.07, 6.45) is 7.80. The second kappa shape index (κ2) is 11.7. The fourth-order valence-corrected chi connectivity index (χ4v) is 4.97. The molecule has 7 heteroatoms. The second-order valence-electron chi connectivity index (χ2n) is 8.46. The molecular formula is C24H35BrN2O4. The number of hydrogen-bond donors (Lipinski definition) is 1. The summed E-state index contributed by atoms with van der Waals surface area (Å²) in [7, 11) is 0. The number of ether oxygens (including phenoxy) is 2. The standard InChI is InChI=1S/C24H35BrN2O4/c1-3-30-21-13-18(20(25)15-22(21)31-4-2)14-23(28)27-12-8-9-17(16-27)24(29)26-19-10-6-5-7-11-19/h13,15,17,19H,3-12,14,16H2,1-2H3,(H,26,29). The van der Waals surface area contributed by atoms with E-state index in [1.54, 1.807) is 0 Å². The predicted octanol–water partition coefficient (Wildman–Crippen LogP) is 4.48. The summed E-state index contributed by atoms with van der Waals surface area (Å²) in [4.78, 5) is 27.7. The first-order valence-electron chi connectivity index (χ1n) is 11.7. The van der Waals surface area contributed by atoms with Crippen LogP contribution in [0.4, 0.5) is 0 Å². The lowest BCUT2D eigenvalue weighted by Crippen LogP contribution is -2.48. The summed E-state index contributed by atoms with van der Waals surface area (Å²) in [5, 5.41) is 3.23. The predicted molar refractivity (Wildman–Crippen MR) is 125 cm³/mol. The quantitative estimate of drug-likeness (QED) is 0.578. The van der Waals surface area contributed by atoms with Crippen molar-refractivity contribution in [2.75, 3.05) is 26.3 Å². The van der Waals surface area contributed by atoms with E-state index in [0.717, 1.165) is 35.7 Å². The van der Waals surface area contributed by atoms with Crippen LogP contribution in [-0.2, 0) is 16.0 Å². The molecule has 1 saturated carbocycles. The van der Waals surface area contributed by atoms with Gasteiger partial charge in [-0.2, -0.15) is 0 Å². The second-order valence-corrected chi connectivity index (χ2v) is 9.31. The Labute approximate surface area is 194 Å². The molecule has 1 heterocycles. The van der Waals surface area contributed by atoms with E-state index in [9.17, 15) is 9.59 Å². The van der Waals surface area contributed by atoms with Crippen LogP contribution < -0.4 is 14.8 Å². The van der Waals surface area contributed by atoms with Crippen molar-refractivity contribution in [1.29, 1.82) is 0 Å². The number of hydrogen-bond acceptors (Lipinski definition) is 4. The molecule has 0 spiro atoms. The number of rotatable bonds is 8. The molecule has 3 rings (SSSR count). The fraction of sp³-hybridized carbons (Fsp3) is 0.667. The molecule has 172 valence electrons. The molecule has 1 unspecified atom stereocenters. The van der Waals surface area contributed by atoms with E-state index in [0.29, 0.717) is 43.8 Å². The van der Waals surface area contributed by atoms with Gasteiger partial charge in [-0.1, -0.05) is 35.2 Å². The van der Waals surface area contributed by atoms with E-state index in [1.165, 1.54) is 19.3 Å². The molecule has 2 aliphatic rings. The van der Waals surface area contributed by atoms with Crippen molar-refractivity contribution >= 4 is 27.7 Å². The van der Waals surface area contributed by atoms with Crippen LogP contribution in [0.2, 0.25) is 0 Å². The minimum absolute atomic E-state index is 0.0440. The molecule has 1 saturated heterocycles. The van der Waals surface area contributed by atoms with E-state index >= 15 is 0 Å². The molecule has 2 amide bonds. The Kier molecular flexibility index (Phi) is 9.05. The van der Waals surface area contributed by atoms with E-state index in [4.69, 9.17) is 9.47 Å². The maximum absolute atomic E-state index is 13.1. The fourth-order valence-electron chi connectivity index (χ4n) is 4.51. The molecule has 1 aliphatic heterocycles. The summed E-state index contributed by atoms with van der Waals surface area (Å²) < 4.78 is 12.2. The number of nitrogens with zero attached hydrogens (tertiary/aromatic N) is 1. The highest BCUT2D eigenvalue weighted by Crippen LogP contribution is 2.34. The molecule has 31 heavy (non-hydrogen) atoms. The van der Waals surface area contributed by atoms with Crippen molar-refractivity contribution in [1.82, 2.24) is 10.2 Å². The zero-order valence-electron chi connectivity index (χ0n) is 18.8. The Hall–Kier alpha value is -1.76. The lowest BCUT2D eigenvalue weighted by atomic mass is 9.93. The molecule has 0 radical (unpaired) electrons. The van der Waals surface area contributed by atoms with Gasteiger partial charge in [0.25, 0.3) is 0 Å². The van der Waals surface area contributed by atoms with Crippen LogP contribution in [0.3, 0.4) is 0 Å². The van der Waals surface area contributed by atoms with Gasteiger partial charge < -0.3 is 19.7 Å². The lowest BCUT2D eigenvalue weighted by molar-refractivity contribution is -0.135. The van der Waals surface area contributed by atoms with E-state index < -0.39 is 0 Å². The monoisotopic (exact) mass is 494 g/mol. The van der Waals surface area contributed by atoms with E-state index in [2.05, 4.69) is 21.2 Å². The summed E-state index contributed by atoms with van der Waals surface area (Å²) in [5.74, 6) is 1.37. The summed E-state index contributed by atoms with van der Waals surface area (Å²) in [5.41, 5.74) is 0.866. The van der Waals surface area contributed by atoms with Crippen LogP contribution in [-0.4, -0.2) is 49.1 Å². The highest BCUT2D eigenvalue weighted by Gasteiger charge is 2.30. The summed E-state index contributed by atoms with van der Waals surface area (Å²) in [6.45, 7) is 6.14. The van der Waals surface area contributed by atoms with Gasteiger partial charge in [0.05, 0.1) is 25.6 Å². The Morgan fingerprint density at radius 1 is 1.03 bits per heavy atom. The van der Waals surface area contributed by atoms with Crippen LogP contribution in [0.5, 0.6) is 11.5 Å². The first kappa shape index (κ1) is 23.9. The van der Waals surface area contributed by atoms with Crippen LogP contribution in [0, 0.1) is 5.92 Å².